The highest BCUT2D eigenvalue weighted by atomic mass is 16.2. The van der Waals surface area contributed by atoms with Gasteiger partial charge < -0.3 is 4.90 Å². The molecule has 1 amide bonds. The van der Waals surface area contributed by atoms with Gasteiger partial charge in [-0.3, -0.25) is 9.78 Å². The lowest BCUT2D eigenvalue weighted by molar-refractivity contribution is -0.137. The van der Waals surface area contributed by atoms with Gasteiger partial charge in [0.15, 0.2) is 0 Å². The molecule has 1 saturated heterocycles. The molecule has 1 aliphatic carbocycles. The molecule has 3 heteroatoms. The molecule has 0 aromatic carbocycles. The van der Waals surface area contributed by atoms with Gasteiger partial charge in [-0.05, 0) is 43.4 Å². The average Bonchev–Trinajstić information content (AvgIpc) is 2.98. The summed E-state index contributed by atoms with van der Waals surface area (Å²) in [7, 11) is 0. The van der Waals surface area contributed by atoms with Crippen LogP contribution in [0.1, 0.15) is 56.6 Å². The summed E-state index contributed by atoms with van der Waals surface area (Å²) in [5.41, 5.74) is 1.25. The first-order chi connectivity index (χ1) is 9.36. The maximum Gasteiger partial charge on any atom is 0.226 e. The van der Waals surface area contributed by atoms with Crippen molar-refractivity contribution in [3.63, 3.8) is 0 Å². The molecule has 102 valence electrons. The van der Waals surface area contributed by atoms with Gasteiger partial charge in [0.25, 0.3) is 0 Å². The van der Waals surface area contributed by atoms with Gasteiger partial charge in [0.05, 0.1) is 6.04 Å². The van der Waals surface area contributed by atoms with Crippen LogP contribution in [-0.2, 0) is 4.79 Å². The smallest absolute Gasteiger partial charge is 0.226 e. The van der Waals surface area contributed by atoms with Crippen molar-refractivity contribution in [2.75, 3.05) is 6.54 Å². The van der Waals surface area contributed by atoms with Crippen molar-refractivity contribution in [2.45, 2.75) is 51.0 Å². The second-order valence-corrected chi connectivity index (χ2v) is 5.81. The zero-order valence-electron chi connectivity index (χ0n) is 11.4. The molecule has 0 N–H and O–H groups in total. The van der Waals surface area contributed by atoms with E-state index in [1.807, 2.05) is 12.4 Å². The van der Waals surface area contributed by atoms with Crippen molar-refractivity contribution in [1.82, 2.24) is 9.88 Å². The first-order valence-electron chi connectivity index (χ1n) is 7.56. The third kappa shape index (κ3) is 2.65. The van der Waals surface area contributed by atoms with Gasteiger partial charge >= 0.3 is 0 Å². The zero-order valence-corrected chi connectivity index (χ0v) is 11.4. The number of hydrogen-bond donors (Lipinski definition) is 0. The Morgan fingerprint density at radius 2 is 1.79 bits per heavy atom. The average molecular weight is 258 g/mol. The molecule has 1 unspecified atom stereocenters. The second-order valence-electron chi connectivity index (χ2n) is 5.81. The monoisotopic (exact) mass is 258 g/mol. The topological polar surface area (TPSA) is 33.2 Å². The van der Waals surface area contributed by atoms with Crippen LogP contribution in [-0.4, -0.2) is 22.3 Å². The molecule has 2 heterocycles. The Bertz CT molecular complexity index is 426. The molecule has 19 heavy (non-hydrogen) atoms. The van der Waals surface area contributed by atoms with Crippen LogP contribution in [0, 0.1) is 5.92 Å². The highest BCUT2D eigenvalue weighted by Crippen LogP contribution is 2.35. The molecule has 0 radical (unpaired) electrons. The standard InChI is InChI=1S/C16H22N2O/c19-16(14-5-2-1-3-6-14)18-12-4-7-15(18)13-8-10-17-11-9-13/h8-11,14-15H,1-7,12H2. The Balaban J connectivity index is 1.74. The minimum absolute atomic E-state index is 0.288. The predicted octanol–water partition coefficient (Wildman–Crippen LogP) is 3.33. The summed E-state index contributed by atoms with van der Waals surface area (Å²) < 4.78 is 0. The maximum absolute atomic E-state index is 12.7. The Morgan fingerprint density at radius 3 is 2.53 bits per heavy atom. The van der Waals surface area contributed by atoms with Crippen LogP contribution < -0.4 is 0 Å². The van der Waals surface area contributed by atoms with Gasteiger partial charge in [0.1, 0.15) is 0 Å². The molecule has 0 bridgehead atoms. The lowest BCUT2D eigenvalue weighted by Gasteiger charge is -2.30. The molecule has 1 atom stereocenters. The Labute approximate surface area is 115 Å². The number of rotatable bonds is 2. The minimum atomic E-state index is 0.288. The van der Waals surface area contributed by atoms with Gasteiger partial charge in [-0.1, -0.05) is 19.3 Å². The van der Waals surface area contributed by atoms with Crippen molar-refractivity contribution in [1.29, 1.82) is 0 Å². The lowest BCUT2D eigenvalue weighted by atomic mass is 9.88. The third-order valence-electron chi connectivity index (χ3n) is 4.58. The SMILES string of the molecule is O=C(C1CCCCC1)N1CCCC1c1ccncc1. The largest absolute Gasteiger partial charge is 0.335 e. The molecule has 3 rings (SSSR count). The second kappa shape index (κ2) is 5.72. The summed E-state index contributed by atoms with van der Waals surface area (Å²) in [5.74, 6) is 0.690. The quantitative estimate of drug-likeness (QED) is 0.815. The van der Waals surface area contributed by atoms with E-state index in [1.54, 1.807) is 0 Å². The summed E-state index contributed by atoms with van der Waals surface area (Å²) in [4.78, 5) is 18.9. The van der Waals surface area contributed by atoms with Crippen molar-refractivity contribution in [3.8, 4) is 0 Å². The number of carbonyl (C=O) groups excluding carboxylic acids is 1. The van der Waals surface area contributed by atoms with Crippen LogP contribution in [0.3, 0.4) is 0 Å². The summed E-state index contributed by atoms with van der Waals surface area (Å²) >= 11 is 0. The van der Waals surface area contributed by atoms with Crippen LogP contribution in [0.2, 0.25) is 0 Å². The van der Waals surface area contributed by atoms with Crippen molar-refractivity contribution >= 4 is 5.91 Å². The summed E-state index contributed by atoms with van der Waals surface area (Å²) in [5, 5.41) is 0. The van der Waals surface area contributed by atoms with E-state index in [1.165, 1.54) is 24.8 Å². The van der Waals surface area contributed by atoms with Crippen LogP contribution >= 0.6 is 0 Å². The van der Waals surface area contributed by atoms with Gasteiger partial charge in [-0.2, -0.15) is 0 Å². The Hall–Kier alpha value is -1.38. The highest BCUT2D eigenvalue weighted by Gasteiger charge is 2.34. The van der Waals surface area contributed by atoms with E-state index in [9.17, 15) is 4.79 Å². The third-order valence-corrected chi connectivity index (χ3v) is 4.58. The normalized spacial score (nSPS) is 24.6. The molecule has 2 aliphatic rings. The Morgan fingerprint density at radius 1 is 1.05 bits per heavy atom. The molecule has 0 spiro atoms. The number of nitrogens with zero attached hydrogens (tertiary/aromatic N) is 2. The summed E-state index contributed by atoms with van der Waals surface area (Å²) in [6, 6.07) is 4.39. The summed E-state index contributed by atoms with van der Waals surface area (Å²) in [6.45, 7) is 0.933. The van der Waals surface area contributed by atoms with E-state index >= 15 is 0 Å². The van der Waals surface area contributed by atoms with E-state index in [-0.39, 0.29) is 12.0 Å². The van der Waals surface area contributed by atoms with Crippen LogP contribution in [0.15, 0.2) is 24.5 Å². The molecular weight excluding hydrogens is 236 g/mol. The molecule has 1 aromatic heterocycles. The fourth-order valence-corrected chi connectivity index (χ4v) is 3.55. The fourth-order valence-electron chi connectivity index (χ4n) is 3.55. The van der Waals surface area contributed by atoms with Crippen LogP contribution in [0.4, 0.5) is 0 Å². The first kappa shape index (κ1) is 12.6. The number of amides is 1. The van der Waals surface area contributed by atoms with Crippen molar-refractivity contribution in [3.05, 3.63) is 30.1 Å². The number of aromatic nitrogens is 1. The maximum atomic E-state index is 12.7. The van der Waals surface area contributed by atoms with Crippen molar-refractivity contribution < 1.29 is 4.79 Å². The number of likely N-dealkylation sites (tertiary alicyclic amines) is 1. The molecule has 1 saturated carbocycles. The molecular formula is C16H22N2O. The number of carbonyl (C=O) groups is 1. The Kier molecular flexibility index (Phi) is 3.81. The van der Waals surface area contributed by atoms with Crippen LogP contribution in [0.5, 0.6) is 0 Å². The van der Waals surface area contributed by atoms with Crippen LogP contribution in [0.25, 0.3) is 0 Å². The van der Waals surface area contributed by atoms with Gasteiger partial charge in [-0.15, -0.1) is 0 Å². The molecule has 2 fully saturated rings. The molecule has 1 aliphatic heterocycles. The predicted molar refractivity (Wildman–Crippen MR) is 74.5 cm³/mol. The van der Waals surface area contributed by atoms with Crippen molar-refractivity contribution in [2.24, 2.45) is 5.92 Å². The fraction of sp³-hybridized carbons (Fsp3) is 0.625. The lowest BCUT2D eigenvalue weighted by Crippen LogP contribution is -2.36. The van der Waals surface area contributed by atoms with Gasteiger partial charge in [0, 0.05) is 24.9 Å². The number of hydrogen-bond acceptors (Lipinski definition) is 2. The zero-order chi connectivity index (χ0) is 13.1. The van der Waals surface area contributed by atoms with E-state index in [2.05, 4.69) is 22.0 Å². The van der Waals surface area contributed by atoms with E-state index in [0.29, 0.717) is 5.91 Å². The summed E-state index contributed by atoms with van der Waals surface area (Å²) in [6.07, 6.45) is 11.8. The van der Waals surface area contributed by atoms with Gasteiger partial charge in [-0.25, -0.2) is 0 Å². The van der Waals surface area contributed by atoms with E-state index in [4.69, 9.17) is 0 Å². The highest BCUT2D eigenvalue weighted by molar-refractivity contribution is 5.79. The molecule has 3 nitrogen and oxygen atoms in total. The molecule has 1 aromatic rings. The number of pyridine rings is 1. The van der Waals surface area contributed by atoms with E-state index in [0.717, 1.165) is 32.2 Å². The minimum Gasteiger partial charge on any atom is -0.335 e. The first-order valence-corrected chi connectivity index (χ1v) is 7.56. The van der Waals surface area contributed by atoms with E-state index < -0.39 is 0 Å². The van der Waals surface area contributed by atoms with Gasteiger partial charge in [0.2, 0.25) is 5.91 Å².